The maximum Gasteiger partial charge on any atom is 0.305 e. The average molecular weight is 539 g/mol. The number of rotatable bonds is 11. The topological polar surface area (TPSA) is 99.4 Å². The summed E-state index contributed by atoms with van der Waals surface area (Å²) < 4.78 is 6.54. The van der Waals surface area contributed by atoms with Gasteiger partial charge in [0.25, 0.3) is 5.91 Å². The molecule has 2 atom stereocenters. The molecule has 0 aromatic heterocycles. The zero-order valence-electron chi connectivity index (χ0n) is 20.6. The van der Waals surface area contributed by atoms with E-state index in [1.54, 1.807) is 36.4 Å². The Hall–Kier alpha value is -3.53. The van der Waals surface area contributed by atoms with Gasteiger partial charge in [-0.15, -0.1) is 0 Å². The number of ether oxygens (including phenoxy) is 1. The van der Waals surface area contributed by atoms with Crippen molar-refractivity contribution in [1.29, 1.82) is 5.26 Å². The molecule has 0 saturated heterocycles. The zero-order chi connectivity index (χ0) is 26.9. The van der Waals surface area contributed by atoms with Crippen LogP contribution in [-0.4, -0.2) is 23.5 Å². The Morgan fingerprint density at radius 2 is 1.70 bits per heavy atom. The Kier molecular flexibility index (Phi) is 9.96. The Morgan fingerprint density at radius 3 is 2.30 bits per heavy atom. The number of nitrogens with one attached hydrogen (secondary N) is 1. The fourth-order valence-electron chi connectivity index (χ4n) is 4.09. The summed E-state index contributed by atoms with van der Waals surface area (Å²) in [6.45, 7) is 3.98. The predicted octanol–water partition coefficient (Wildman–Crippen LogP) is 7.08. The number of benzene rings is 3. The molecule has 0 unspecified atom stereocenters. The number of hydrogen-bond acceptors (Lipinski definition) is 4. The van der Waals surface area contributed by atoms with E-state index in [0.29, 0.717) is 26.9 Å². The van der Waals surface area contributed by atoms with Gasteiger partial charge in [-0.1, -0.05) is 60.8 Å². The molecule has 3 rings (SSSR count). The largest absolute Gasteiger partial charge is 0.484 e. The zero-order valence-corrected chi connectivity index (χ0v) is 22.1. The van der Waals surface area contributed by atoms with Crippen molar-refractivity contribution in [3.63, 3.8) is 0 Å². The van der Waals surface area contributed by atoms with Crippen LogP contribution in [0.15, 0.2) is 60.7 Å². The molecule has 0 spiro atoms. The highest BCUT2D eigenvalue weighted by Gasteiger charge is 2.28. The fourth-order valence-corrected chi connectivity index (χ4v) is 4.37. The van der Waals surface area contributed by atoms with E-state index in [-0.39, 0.29) is 24.8 Å². The fraction of sp³-hybridized carbons (Fsp3) is 0.276. The van der Waals surface area contributed by atoms with Gasteiger partial charge < -0.3 is 15.2 Å². The molecule has 192 valence electrons. The van der Waals surface area contributed by atoms with E-state index in [0.717, 1.165) is 29.5 Å². The van der Waals surface area contributed by atoms with Crippen LogP contribution in [0, 0.1) is 18.3 Å². The van der Waals surface area contributed by atoms with Crippen LogP contribution in [0.25, 0.3) is 0 Å². The number of carbonyl (C=O) groups is 2. The molecule has 0 heterocycles. The summed E-state index contributed by atoms with van der Waals surface area (Å²) in [4.78, 5) is 23.1. The van der Waals surface area contributed by atoms with Gasteiger partial charge in [0.1, 0.15) is 17.9 Å². The number of nitrogens with zero attached hydrogens (tertiary/aromatic N) is 1. The van der Waals surface area contributed by atoms with Crippen LogP contribution in [-0.2, 0) is 4.79 Å². The maximum absolute atomic E-state index is 12.4. The van der Waals surface area contributed by atoms with Gasteiger partial charge in [0.05, 0.1) is 12.0 Å². The number of hydrogen-bond donors (Lipinski definition) is 2. The minimum atomic E-state index is -0.972. The summed E-state index contributed by atoms with van der Waals surface area (Å²) in [6, 6.07) is 20.2. The van der Waals surface area contributed by atoms with Crippen LogP contribution < -0.4 is 10.1 Å². The van der Waals surface area contributed by atoms with Crippen LogP contribution in [0.2, 0.25) is 10.0 Å². The summed E-state index contributed by atoms with van der Waals surface area (Å²) in [6.07, 6.45) is 1.04. The SMILES string of the molecule is CCC[C@H](c1ccc(C(=O)NCCC(=O)O)cc1)[C@@H](Oc1cc(Cl)c(C)cc1C#N)c1ccc(Cl)cc1. The van der Waals surface area contributed by atoms with Gasteiger partial charge in [-0.05, 0) is 60.4 Å². The maximum atomic E-state index is 12.4. The van der Waals surface area contributed by atoms with Gasteiger partial charge in [0, 0.05) is 34.1 Å². The normalized spacial score (nSPS) is 12.3. The minimum absolute atomic E-state index is 0.0567. The molecule has 3 aromatic carbocycles. The molecule has 0 aliphatic carbocycles. The van der Waals surface area contributed by atoms with Crippen LogP contribution in [0.1, 0.15) is 70.8 Å². The quantitative estimate of drug-likeness (QED) is 0.271. The Bertz CT molecular complexity index is 1280. The van der Waals surface area contributed by atoms with Crippen molar-refractivity contribution in [2.24, 2.45) is 0 Å². The molecule has 0 aliphatic heterocycles. The van der Waals surface area contributed by atoms with E-state index in [1.165, 1.54) is 0 Å². The van der Waals surface area contributed by atoms with Crippen LogP contribution in [0.5, 0.6) is 5.75 Å². The molecule has 0 radical (unpaired) electrons. The summed E-state index contributed by atoms with van der Waals surface area (Å²) in [5.74, 6) is -1.02. The predicted molar refractivity (Wildman–Crippen MR) is 144 cm³/mol. The molecule has 0 bridgehead atoms. The van der Waals surface area contributed by atoms with Crippen LogP contribution >= 0.6 is 23.2 Å². The number of carboxylic acid groups (broad SMARTS) is 1. The monoisotopic (exact) mass is 538 g/mol. The Morgan fingerprint density at radius 1 is 1.05 bits per heavy atom. The highest BCUT2D eigenvalue weighted by Crippen LogP contribution is 2.40. The second kappa shape index (κ2) is 13.1. The van der Waals surface area contributed by atoms with Gasteiger partial charge in [-0.3, -0.25) is 9.59 Å². The lowest BCUT2D eigenvalue weighted by Crippen LogP contribution is -2.26. The van der Waals surface area contributed by atoms with E-state index in [9.17, 15) is 14.9 Å². The van der Waals surface area contributed by atoms with E-state index in [2.05, 4.69) is 18.3 Å². The Balaban J connectivity index is 1.97. The van der Waals surface area contributed by atoms with E-state index in [1.807, 2.05) is 31.2 Å². The molecule has 8 heteroatoms. The van der Waals surface area contributed by atoms with Crippen molar-refractivity contribution >= 4 is 35.1 Å². The second-order valence-electron chi connectivity index (χ2n) is 8.72. The third kappa shape index (κ3) is 7.48. The van der Waals surface area contributed by atoms with Crippen molar-refractivity contribution < 1.29 is 19.4 Å². The highest BCUT2D eigenvalue weighted by molar-refractivity contribution is 6.31. The van der Waals surface area contributed by atoms with Crippen LogP contribution in [0.3, 0.4) is 0 Å². The first kappa shape index (κ1) is 28.0. The first-order chi connectivity index (χ1) is 17.7. The molecule has 0 fully saturated rings. The van der Waals surface area contributed by atoms with E-state index >= 15 is 0 Å². The first-order valence-electron chi connectivity index (χ1n) is 12.0. The summed E-state index contributed by atoms with van der Waals surface area (Å²) >= 11 is 12.5. The smallest absolute Gasteiger partial charge is 0.305 e. The number of carboxylic acids is 1. The van der Waals surface area contributed by atoms with E-state index < -0.39 is 12.1 Å². The van der Waals surface area contributed by atoms with Gasteiger partial charge in [-0.2, -0.15) is 5.26 Å². The van der Waals surface area contributed by atoms with Crippen LogP contribution in [0.4, 0.5) is 0 Å². The number of carbonyl (C=O) groups excluding carboxylic acids is 1. The van der Waals surface area contributed by atoms with Gasteiger partial charge >= 0.3 is 5.97 Å². The molecule has 0 saturated carbocycles. The lowest BCUT2D eigenvalue weighted by Gasteiger charge is -2.29. The summed E-state index contributed by atoms with van der Waals surface area (Å²) in [5.41, 5.74) is 3.46. The number of halogens is 2. The molecule has 3 aromatic rings. The average Bonchev–Trinajstić information content (AvgIpc) is 2.88. The first-order valence-corrected chi connectivity index (χ1v) is 12.7. The van der Waals surface area contributed by atoms with Gasteiger partial charge in [0.15, 0.2) is 0 Å². The lowest BCUT2D eigenvalue weighted by molar-refractivity contribution is -0.136. The molecule has 37 heavy (non-hydrogen) atoms. The lowest BCUT2D eigenvalue weighted by atomic mass is 9.85. The van der Waals surface area contributed by atoms with E-state index in [4.69, 9.17) is 33.0 Å². The third-order valence-corrected chi connectivity index (χ3v) is 6.68. The minimum Gasteiger partial charge on any atom is -0.484 e. The van der Waals surface area contributed by atoms with Gasteiger partial charge in [0.2, 0.25) is 0 Å². The molecule has 0 aliphatic rings. The molecule has 2 N–H and O–H groups in total. The summed E-state index contributed by atoms with van der Waals surface area (Å²) in [7, 11) is 0. The number of amides is 1. The number of aliphatic carboxylic acids is 1. The molecular formula is C29H28Cl2N2O4. The third-order valence-electron chi connectivity index (χ3n) is 6.02. The summed E-state index contributed by atoms with van der Waals surface area (Å²) in [5, 5.41) is 22.2. The number of nitriles is 1. The van der Waals surface area contributed by atoms with Gasteiger partial charge in [-0.25, -0.2) is 0 Å². The van der Waals surface area contributed by atoms with Crippen molar-refractivity contribution in [2.45, 2.75) is 45.1 Å². The Labute approximate surface area is 226 Å². The standard InChI is InChI=1S/C29H28Cl2N2O4/c1-3-4-24(19-5-7-21(8-6-19)29(36)33-14-13-27(34)35)28(20-9-11-23(30)12-10-20)37-26-16-25(31)18(2)15-22(26)17-32/h5-12,15-16,24,28H,3-4,13-14H2,1-2H3,(H,33,36)(H,34,35)/t24-,28+/m1/s1. The van der Waals surface area contributed by atoms with Crippen molar-refractivity contribution in [2.75, 3.05) is 6.54 Å². The molecule has 6 nitrogen and oxygen atoms in total. The highest BCUT2D eigenvalue weighted by atomic mass is 35.5. The number of aryl methyl sites for hydroxylation is 1. The van der Waals surface area contributed by atoms with Crippen molar-refractivity contribution in [1.82, 2.24) is 5.32 Å². The molecule has 1 amide bonds. The van der Waals surface area contributed by atoms with Crippen molar-refractivity contribution in [3.05, 3.63) is 98.5 Å². The second-order valence-corrected chi connectivity index (χ2v) is 9.56. The van der Waals surface area contributed by atoms with Crippen molar-refractivity contribution in [3.8, 4) is 11.8 Å². The molecular weight excluding hydrogens is 511 g/mol.